The predicted octanol–water partition coefficient (Wildman–Crippen LogP) is -0.0725. The van der Waals surface area contributed by atoms with Crippen molar-refractivity contribution < 1.29 is 47.8 Å². The maximum absolute atomic E-state index is 11.3. The molecular weight excluding hydrogens is 354 g/mol. The standard InChI is InChI=1S/C11H18O10P2/c1-3-10(12)20-8(5-6-22(14,15)16)9(7-23(17,18)19)21-11(13)4-2/h3-4,8-9H,1-2,5-7H2,(H2,14,15,16)(H2,17,18,19). The summed E-state index contributed by atoms with van der Waals surface area (Å²) in [5, 5.41) is 0. The Balaban J connectivity index is 5.38. The van der Waals surface area contributed by atoms with E-state index in [-0.39, 0.29) is 0 Å². The normalized spacial score (nSPS) is 14.4. The summed E-state index contributed by atoms with van der Waals surface area (Å²) in [6, 6.07) is 0. The van der Waals surface area contributed by atoms with Crippen molar-refractivity contribution in [1.82, 2.24) is 0 Å². The average Bonchev–Trinajstić information content (AvgIpc) is 2.39. The molecule has 0 rings (SSSR count). The van der Waals surface area contributed by atoms with Gasteiger partial charge in [-0.05, 0) is 6.42 Å². The zero-order valence-electron chi connectivity index (χ0n) is 12.0. The van der Waals surface area contributed by atoms with E-state index in [1.54, 1.807) is 0 Å². The van der Waals surface area contributed by atoms with Crippen LogP contribution in [0.5, 0.6) is 0 Å². The summed E-state index contributed by atoms with van der Waals surface area (Å²) >= 11 is 0. The van der Waals surface area contributed by atoms with Gasteiger partial charge in [0.05, 0.1) is 12.3 Å². The number of hydrogen-bond acceptors (Lipinski definition) is 6. The van der Waals surface area contributed by atoms with Gasteiger partial charge >= 0.3 is 27.1 Å². The second-order valence-electron chi connectivity index (χ2n) is 4.38. The van der Waals surface area contributed by atoms with Crippen LogP contribution in [0.1, 0.15) is 6.42 Å². The van der Waals surface area contributed by atoms with Gasteiger partial charge in [-0.2, -0.15) is 0 Å². The molecule has 132 valence electrons. The van der Waals surface area contributed by atoms with Crippen LogP contribution >= 0.6 is 15.2 Å². The number of hydrogen-bond donors (Lipinski definition) is 4. The third-order valence-electron chi connectivity index (χ3n) is 2.41. The highest BCUT2D eigenvalue weighted by molar-refractivity contribution is 7.52. The lowest BCUT2D eigenvalue weighted by atomic mass is 10.1. The third kappa shape index (κ3) is 11.0. The van der Waals surface area contributed by atoms with Crippen LogP contribution in [0.4, 0.5) is 0 Å². The van der Waals surface area contributed by atoms with E-state index in [1.165, 1.54) is 0 Å². The predicted molar refractivity (Wildman–Crippen MR) is 78.6 cm³/mol. The molecule has 0 saturated heterocycles. The molecule has 0 aromatic carbocycles. The van der Waals surface area contributed by atoms with Crippen LogP contribution in [0.15, 0.2) is 25.3 Å². The smallest absolute Gasteiger partial charge is 0.330 e. The van der Waals surface area contributed by atoms with Crippen molar-refractivity contribution in [3.8, 4) is 0 Å². The van der Waals surface area contributed by atoms with E-state index in [2.05, 4.69) is 13.2 Å². The van der Waals surface area contributed by atoms with E-state index in [9.17, 15) is 18.7 Å². The Labute approximate surface area is 132 Å². The van der Waals surface area contributed by atoms with E-state index >= 15 is 0 Å². The first-order valence-corrected chi connectivity index (χ1v) is 9.72. The molecule has 0 saturated carbocycles. The van der Waals surface area contributed by atoms with Gasteiger partial charge in [0.1, 0.15) is 6.10 Å². The van der Waals surface area contributed by atoms with Crippen LogP contribution in [-0.4, -0.2) is 56.0 Å². The van der Waals surface area contributed by atoms with Gasteiger partial charge in [-0.25, -0.2) is 9.59 Å². The van der Waals surface area contributed by atoms with Crippen LogP contribution in [0.25, 0.3) is 0 Å². The molecule has 0 aliphatic rings. The molecular formula is C11H18O10P2. The molecule has 0 spiro atoms. The molecule has 2 atom stereocenters. The molecule has 0 aromatic heterocycles. The maximum Gasteiger partial charge on any atom is 0.330 e. The van der Waals surface area contributed by atoms with E-state index in [0.717, 1.165) is 12.2 Å². The van der Waals surface area contributed by atoms with Gasteiger partial charge in [0.25, 0.3) is 0 Å². The molecule has 10 nitrogen and oxygen atoms in total. The number of rotatable bonds is 10. The fraction of sp³-hybridized carbons (Fsp3) is 0.455. The summed E-state index contributed by atoms with van der Waals surface area (Å²) in [5.74, 6) is -2.05. The summed E-state index contributed by atoms with van der Waals surface area (Å²) in [7, 11) is -9.16. The first kappa shape index (κ1) is 21.7. The van der Waals surface area contributed by atoms with E-state index in [0.29, 0.717) is 0 Å². The quantitative estimate of drug-likeness (QED) is 0.231. The Kier molecular flexibility index (Phi) is 8.61. The minimum absolute atomic E-state index is 0.487. The molecule has 0 fully saturated rings. The molecule has 0 heterocycles. The SMILES string of the molecule is C=CC(=O)OC(CCP(=O)(O)O)C(CP(=O)(O)O)OC(=O)C=C. The first-order valence-electron chi connectivity index (χ1n) is 6.13. The van der Waals surface area contributed by atoms with Crippen molar-refractivity contribution in [3.63, 3.8) is 0 Å². The molecule has 23 heavy (non-hydrogen) atoms. The van der Waals surface area contributed by atoms with Crippen molar-refractivity contribution in [2.45, 2.75) is 18.6 Å². The van der Waals surface area contributed by atoms with Gasteiger partial charge in [0.2, 0.25) is 0 Å². The molecule has 0 aromatic rings. The van der Waals surface area contributed by atoms with Gasteiger partial charge in [0.15, 0.2) is 6.10 Å². The highest BCUT2D eigenvalue weighted by atomic mass is 31.2. The summed E-state index contributed by atoms with van der Waals surface area (Å²) in [6.07, 6.45) is -3.86. The minimum Gasteiger partial charge on any atom is -0.455 e. The molecule has 2 unspecified atom stereocenters. The molecule has 0 bridgehead atoms. The van der Waals surface area contributed by atoms with Crippen molar-refractivity contribution in [2.75, 3.05) is 12.3 Å². The summed E-state index contributed by atoms with van der Waals surface area (Å²) < 4.78 is 31.6. The Morgan fingerprint density at radius 3 is 1.70 bits per heavy atom. The molecule has 0 radical (unpaired) electrons. The van der Waals surface area contributed by atoms with E-state index in [1.807, 2.05) is 0 Å². The Hall–Kier alpha value is -1.28. The topological polar surface area (TPSA) is 168 Å². The maximum atomic E-state index is 11.3. The van der Waals surface area contributed by atoms with Crippen LogP contribution < -0.4 is 0 Å². The number of ether oxygens (including phenoxy) is 2. The number of carbonyl (C=O) groups excluding carboxylic acids is 2. The second kappa shape index (κ2) is 9.12. The van der Waals surface area contributed by atoms with Gasteiger partial charge < -0.3 is 29.0 Å². The van der Waals surface area contributed by atoms with Gasteiger partial charge in [-0.1, -0.05) is 13.2 Å². The Morgan fingerprint density at radius 2 is 1.35 bits per heavy atom. The lowest BCUT2D eigenvalue weighted by molar-refractivity contribution is -0.160. The highest BCUT2D eigenvalue weighted by Crippen LogP contribution is 2.39. The fourth-order valence-electron chi connectivity index (χ4n) is 1.48. The van der Waals surface area contributed by atoms with Crippen LogP contribution in [0.3, 0.4) is 0 Å². The van der Waals surface area contributed by atoms with E-state index < -0.39 is 58.1 Å². The van der Waals surface area contributed by atoms with Crippen molar-refractivity contribution in [1.29, 1.82) is 0 Å². The summed E-state index contributed by atoms with van der Waals surface area (Å²) in [5.41, 5.74) is 0. The van der Waals surface area contributed by atoms with Crippen molar-refractivity contribution in [3.05, 3.63) is 25.3 Å². The largest absolute Gasteiger partial charge is 0.455 e. The monoisotopic (exact) mass is 372 g/mol. The zero-order valence-corrected chi connectivity index (χ0v) is 13.8. The average molecular weight is 372 g/mol. The van der Waals surface area contributed by atoms with Gasteiger partial charge in [0, 0.05) is 12.2 Å². The van der Waals surface area contributed by atoms with Crippen molar-refractivity contribution >= 4 is 27.1 Å². The fourth-order valence-corrected chi connectivity index (χ4v) is 2.85. The van der Waals surface area contributed by atoms with Crippen LogP contribution in [0, 0.1) is 0 Å². The summed E-state index contributed by atoms with van der Waals surface area (Å²) in [4.78, 5) is 58.3. The van der Waals surface area contributed by atoms with Crippen LogP contribution in [0.2, 0.25) is 0 Å². The molecule has 12 heteroatoms. The van der Waals surface area contributed by atoms with Gasteiger partial charge in [-0.3, -0.25) is 9.13 Å². The van der Waals surface area contributed by atoms with E-state index in [4.69, 9.17) is 29.0 Å². The minimum atomic E-state index is -4.68. The summed E-state index contributed by atoms with van der Waals surface area (Å²) in [6.45, 7) is 6.24. The molecule has 0 aliphatic heterocycles. The molecule has 0 aliphatic carbocycles. The second-order valence-corrected chi connectivity index (χ2v) is 7.85. The van der Waals surface area contributed by atoms with Gasteiger partial charge in [-0.15, -0.1) is 0 Å². The first-order chi connectivity index (χ1) is 10.4. The molecule has 4 N–H and O–H groups in total. The van der Waals surface area contributed by atoms with Crippen LogP contribution in [-0.2, 0) is 28.2 Å². The Bertz CT molecular complexity index is 545. The lowest BCUT2D eigenvalue weighted by Gasteiger charge is -2.26. The lowest BCUT2D eigenvalue weighted by Crippen LogP contribution is -2.38. The zero-order chi connectivity index (χ0) is 18.3. The molecule has 0 amide bonds. The Morgan fingerprint density at radius 1 is 0.913 bits per heavy atom. The number of esters is 2. The highest BCUT2D eigenvalue weighted by Gasteiger charge is 2.35. The van der Waals surface area contributed by atoms with Crippen molar-refractivity contribution in [2.24, 2.45) is 0 Å². The third-order valence-corrected chi connectivity index (χ3v) is 4.08. The number of carbonyl (C=O) groups is 2.